The summed E-state index contributed by atoms with van der Waals surface area (Å²) >= 11 is 0. The fraction of sp³-hybridized carbons (Fsp3) is 0.714. The number of ether oxygens (including phenoxy) is 1. The van der Waals surface area contributed by atoms with Crippen molar-refractivity contribution in [2.75, 3.05) is 32.8 Å². The normalized spacial score (nSPS) is 21.0. The number of nitrogens with one attached hydrogen (secondary N) is 1. The predicted octanol–water partition coefficient (Wildman–Crippen LogP) is 2.51. The first-order valence-corrected chi connectivity index (χ1v) is 10.0. The van der Waals surface area contributed by atoms with Gasteiger partial charge >= 0.3 is 0 Å². The smallest absolute Gasteiger partial charge is 0.224 e. The van der Waals surface area contributed by atoms with E-state index in [0.717, 1.165) is 57.0 Å². The van der Waals surface area contributed by atoms with E-state index in [1.165, 1.54) is 0 Å². The van der Waals surface area contributed by atoms with Crippen molar-refractivity contribution in [2.24, 2.45) is 5.41 Å². The summed E-state index contributed by atoms with van der Waals surface area (Å²) in [6, 6.07) is 0.105. The summed E-state index contributed by atoms with van der Waals surface area (Å²) in [5.74, 6) is 1.50. The highest BCUT2D eigenvalue weighted by molar-refractivity contribution is 6.01. The molecule has 3 rings (SSSR count). The number of hydrogen-bond acceptors (Lipinski definition) is 5. The highest BCUT2D eigenvalue weighted by atomic mass is 16.5. The molecular formula is C21H32N2O4. The van der Waals surface area contributed by atoms with Gasteiger partial charge in [-0.25, -0.2) is 0 Å². The molecule has 0 saturated carbocycles. The molecule has 1 fully saturated rings. The quantitative estimate of drug-likeness (QED) is 0.826. The zero-order valence-corrected chi connectivity index (χ0v) is 17.0. The molecule has 2 aliphatic rings. The van der Waals surface area contributed by atoms with Gasteiger partial charge in [0.05, 0.1) is 25.2 Å². The topological polar surface area (TPSA) is 71.8 Å². The van der Waals surface area contributed by atoms with Gasteiger partial charge < -0.3 is 14.5 Å². The van der Waals surface area contributed by atoms with Crippen molar-refractivity contribution in [3.63, 3.8) is 0 Å². The van der Waals surface area contributed by atoms with Crippen LogP contribution in [0.5, 0.6) is 0 Å². The molecule has 1 aliphatic carbocycles. The third-order valence-corrected chi connectivity index (χ3v) is 5.62. The van der Waals surface area contributed by atoms with Crippen LogP contribution >= 0.6 is 0 Å². The number of amides is 1. The van der Waals surface area contributed by atoms with Gasteiger partial charge in [-0.2, -0.15) is 0 Å². The van der Waals surface area contributed by atoms with Crippen LogP contribution < -0.4 is 5.32 Å². The molecule has 0 radical (unpaired) electrons. The Morgan fingerprint density at radius 1 is 1.26 bits per heavy atom. The lowest BCUT2D eigenvalue weighted by molar-refractivity contribution is -0.121. The fourth-order valence-corrected chi connectivity index (χ4v) is 4.13. The molecule has 6 heteroatoms. The first kappa shape index (κ1) is 20.1. The van der Waals surface area contributed by atoms with Gasteiger partial charge in [0.2, 0.25) is 5.91 Å². The Bertz CT molecular complexity index is 701. The Kier molecular flexibility index (Phi) is 6.06. The van der Waals surface area contributed by atoms with Crippen LogP contribution in [0.2, 0.25) is 0 Å². The van der Waals surface area contributed by atoms with Crippen LogP contribution in [-0.2, 0) is 22.4 Å². The standard InChI is InChI=1S/C21H32N2O4/c1-5-15(13-23-6-8-26-9-7-23)22-19(25)10-16-14(2)27-18-12-21(3,4)11-17(24)20(16)18/h15H,5-13H2,1-4H3,(H,22,25). The van der Waals surface area contributed by atoms with Crippen molar-refractivity contribution < 1.29 is 18.7 Å². The first-order valence-electron chi connectivity index (χ1n) is 10.0. The average molecular weight is 376 g/mol. The minimum atomic E-state index is -0.0840. The summed E-state index contributed by atoms with van der Waals surface area (Å²) in [6.45, 7) is 12.3. The van der Waals surface area contributed by atoms with Crippen LogP contribution in [0.3, 0.4) is 0 Å². The lowest BCUT2D eigenvalue weighted by Crippen LogP contribution is -2.47. The van der Waals surface area contributed by atoms with Gasteiger partial charge in [-0.15, -0.1) is 0 Å². The molecule has 1 unspecified atom stereocenters. The Morgan fingerprint density at radius 3 is 2.63 bits per heavy atom. The van der Waals surface area contributed by atoms with E-state index in [1.54, 1.807) is 0 Å². The summed E-state index contributed by atoms with van der Waals surface area (Å²) in [5.41, 5.74) is 1.34. The van der Waals surface area contributed by atoms with Gasteiger partial charge in [0, 0.05) is 44.1 Å². The van der Waals surface area contributed by atoms with Gasteiger partial charge in [-0.3, -0.25) is 14.5 Å². The van der Waals surface area contributed by atoms with Crippen LogP contribution in [0.25, 0.3) is 0 Å². The van der Waals surface area contributed by atoms with Gasteiger partial charge in [0.25, 0.3) is 0 Å². The van der Waals surface area contributed by atoms with Crippen molar-refractivity contribution in [1.29, 1.82) is 0 Å². The van der Waals surface area contributed by atoms with E-state index in [1.807, 2.05) is 6.92 Å². The van der Waals surface area contributed by atoms with E-state index < -0.39 is 0 Å². The predicted molar refractivity (Wildman–Crippen MR) is 103 cm³/mol. The van der Waals surface area contributed by atoms with Crippen molar-refractivity contribution in [3.8, 4) is 0 Å². The van der Waals surface area contributed by atoms with Crippen molar-refractivity contribution in [1.82, 2.24) is 10.2 Å². The summed E-state index contributed by atoms with van der Waals surface area (Å²) in [7, 11) is 0. The molecule has 27 heavy (non-hydrogen) atoms. The zero-order valence-electron chi connectivity index (χ0n) is 17.0. The van der Waals surface area contributed by atoms with E-state index in [9.17, 15) is 9.59 Å². The Hall–Kier alpha value is -1.66. The second-order valence-electron chi connectivity index (χ2n) is 8.64. The Labute approximate surface area is 161 Å². The highest BCUT2D eigenvalue weighted by Gasteiger charge is 2.36. The lowest BCUT2D eigenvalue weighted by atomic mass is 9.75. The molecule has 1 saturated heterocycles. The zero-order chi connectivity index (χ0) is 19.6. The minimum Gasteiger partial charge on any atom is -0.465 e. The van der Waals surface area contributed by atoms with Gasteiger partial charge in [-0.1, -0.05) is 20.8 Å². The molecule has 1 aliphatic heterocycles. The number of ketones is 1. The maximum Gasteiger partial charge on any atom is 0.224 e. The number of rotatable bonds is 6. The number of carbonyl (C=O) groups is 2. The van der Waals surface area contributed by atoms with Crippen LogP contribution in [0.15, 0.2) is 4.42 Å². The van der Waals surface area contributed by atoms with Gasteiger partial charge in [0.1, 0.15) is 11.5 Å². The number of aryl methyl sites for hydroxylation is 1. The fourth-order valence-electron chi connectivity index (χ4n) is 4.13. The Morgan fingerprint density at radius 2 is 1.96 bits per heavy atom. The monoisotopic (exact) mass is 376 g/mol. The van der Waals surface area contributed by atoms with E-state index in [2.05, 4.69) is 31.0 Å². The number of Topliss-reactive ketones (excluding diaryl/α,β-unsaturated/α-hetero) is 1. The van der Waals surface area contributed by atoms with Crippen LogP contribution in [0.4, 0.5) is 0 Å². The summed E-state index contributed by atoms with van der Waals surface area (Å²) in [6.07, 6.45) is 2.32. The van der Waals surface area contributed by atoms with Crippen LogP contribution in [0.1, 0.15) is 61.1 Å². The second kappa shape index (κ2) is 8.15. The molecule has 1 atom stereocenters. The van der Waals surface area contributed by atoms with E-state index >= 15 is 0 Å². The first-order chi connectivity index (χ1) is 12.8. The largest absolute Gasteiger partial charge is 0.465 e. The number of carbonyl (C=O) groups excluding carboxylic acids is 2. The van der Waals surface area contributed by atoms with E-state index in [-0.39, 0.29) is 29.6 Å². The van der Waals surface area contributed by atoms with Gasteiger partial charge in [-0.05, 0) is 18.8 Å². The maximum atomic E-state index is 12.7. The third kappa shape index (κ3) is 4.79. The SMILES string of the molecule is CCC(CN1CCOCC1)NC(=O)Cc1c(C)oc2c1C(=O)CC(C)(C)C2. The van der Waals surface area contributed by atoms with E-state index in [4.69, 9.17) is 9.15 Å². The highest BCUT2D eigenvalue weighted by Crippen LogP contribution is 2.38. The number of nitrogens with zero attached hydrogens (tertiary/aromatic N) is 1. The summed E-state index contributed by atoms with van der Waals surface area (Å²) < 4.78 is 11.3. The number of morpholine rings is 1. The van der Waals surface area contributed by atoms with Crippen LogP contribution in [0, 0.1) is 12.3 Å². The number of fused-ring (bicyclic) bond motifs is 1. The summed E-state index contributed by atoms with van der Waals surface area (Å²) in [5, 5.41) is 3.14. The minimum absolute atomic E-state index is 0.0422. The van der Waals surface area contributed by atoms with Crippen molar-refractivity contribution in [3.05, 3.63) is 22.6 Å². The molecule has 1 N–H and O–H groups in total. The number of furan rings is 1. The molecule has 1 amide bonds. The Balaban J connectivity index is 1.65. The molecule has 150 valence electrons. The average Bonchev–Trinajstić information content (AvgIpc) is 2.89. The molecule has 1 aromatic heterocycles. The maximum absolute atomic E-state index is 12.7. The molecule has 0 spiro atoms. The molecule has 0 aromatic carbocycles. The van der Waals surface area contributed by atoms with Crippen LogP contribution in [-0.4, -0.2) is 55.5 Å². The van der Waals surface area contributed by atoms with Crippen molar-refractivity contribution in [2.45, 2.75) is 59.4 Å². The molecule has 2 heterocycles. The molecule has 6 nitrogen and oxygen atoms in total. The third-order valence-electron chi connectivity index (χ3n) is 5.62. The lowest BCUT2D eigenvalue weighted by Gasteiger charge is -2.30. The second-order valence-corrected chi connectivity index (χ2v) is 8.64. The molecular weight excluding hydrogens is 344 g/mol. The van der Waals surface area contributed by atoms with Gasteiger partial charge in [0.15, 0.2) is 5.78 Å². The van der Waals surface area contributed by atoms with Crippen molar-refractivity contribution >= 4 is 11.7 Å². The van der Waals surface area contributed by atoms with E-state index in [0.29, 0.717) is 17.7 Å². The molecule has 1 aromatic rings. The number of hydrogen-bond donors (Lipinski definition) is 1. The summed E-state index contributed by atoms with van der Waals surface area (Å²) in [4.78, 5) is 27.7. The molecule has 0 bridgehead atoms.